The van der Waals surface area contributed by atoms with Gasteiger partial charge in [0.2, 0.25) is 11.0 Å². The third-order valence-corrected chi connectivity index (χ3v) is 5.74. The van der Waals surface area contributed by atoms with Crippen LogP contribution in [0, 0.1) is 5.82 Å². The number of aromatic nitrogens is 2. The Bertz CT molecular complexity index is 692. The molecule has 1 saturated heterocycles. The predicted octanol–water partition coefficient (Wildman–Crippen LogP) is 3.56. The van der Waals surface area contributed by atoms with Crippen LogP contribution < -0.4 is 5.32 Å². The van der Waals surface area contributed by atoms with Crippen molar-refractivity contribution in [2.45, 2.75) is 30.1 Å². The first-order chi connectivity index (χ1) is 11.7. The maximum Gasteiger partial charge on any atom is 0.240 e. The molecular formula is C16H19FN4OS2. The van der Waals surface area contributed by atoms with Crippen LogP contribution in [0.2, 0.25) is 0 Å². The van der Waals surface area contributed by atoms with Gasteiger partial charge in [0.25, 0.3) is 0 Å². The fraction of sp³-hybridized carbons (Fsp3) is 0.438. The Labute approximate surface area is 148 Å². The number of rotatable bonds is 6. The number of benzene rings is 1. The number of likely N-dealkylation sites (tertiary alicyclic amines) is 1. The molecule has 2 aromatic rings. The Morgan fingerprint density at radius 2 is 2.21 bits per heavy atom. The molecule has 0 spiro atoms. The molecule has 1 aromatic heterocycles. The highest BCUT2D eigenvalue weighted by molar-refractivity contribution is 8.01. The zero-order chi connectivity index (χ0) is 16.9. The van der Waals surface area contributed by atoms with E-state index in [9.17, 15) is 9.18 Å². The van der Waals surface area contributed by atoms with E-state index >= 15 is 0 Å². The monoisotopic (exact) mass is 366 g/mol. The number of nitrogens with one attached hydrogen (secondary N) is 1. The van der Waals surface area contributed by atoms with Crippen LogP contribution in [0.15, 0.2) is 28.6 Å². The number of thioether (sulfide) groups is 1. The molecule has 0 radical (unpaired) electrons. The van der Waals surface area contributed by atoms with Gasteiger partial charge < -0.3 is 0 Å². The predicted molar refractivity (Wildman–Crippen MR) is 94.9 cm³/mol. The standard InChI is InChI=1S/C16H19FN4OS2/c1-2-23-16-20-19-15(24-16)18-14(22)10-21-9-3-4-13(21)11-5-7-12(17)8-6-11/h5-8,13H,2-4,9-10H2,1H3,(H,18,19,22). The number of halogens is 1. The van der Waals surface area contributed by atoms with Crippen molar-refractivity contribution in [2.24, 2.45) is 0 Å². The van der Waals surface area contributed by atoms with Gasteiger partial charge in [0.1, 0.15) is 5.82 Å². The minimum Gasteiger partial charge on any atom is -0.299 e. The van der Waals surface area contributed by atoms with E-state index in [-0.39, 0.29) is 17.8 Å². The molecule has 128 valence electrons. The van der Waals surface area contributed by atoms with Crippen molar-refractivity contribution in [3.8, 4) is 0 Å². The second-order valence-electron chi connectivity index (χ2n) is 5.53. The number of hydrogen-bond acceptors (Lipinski definition) is 6. The Kier molecular flexibility index (Phi) is 5.80. The van der Waals surface area contributed by atoms with E-state index in [0.29, 0.717) is 11.7 Å². The topological polar surface area (TPSA) is 58.1 Å². The van der Waals surface area contributed by atoms with Crippen LogP contribution in [0.3, 0.4) is 0 Å². The molecule has 1 atom stereocenters. The van der Waals surface area contributed by atoms with Gasteiger partial charge in [-0.05, 0) is 42.8 Å². The molecule has 8 heteroatoms. The average Bonchev–Trinajstić information content (AvgIpc) is 3.18. The van der Waals surface area contributed by atoms with E-state index in [0.717, 1.165) is 35.0 Å². The summed E-state index contributed by atoms with van der Waals surface area (Å²) in [6.07, 6.45) is 2.01. The zero-order valence-electron chi connectivity index (χ0n) is 13.4. The van der Waals surface area contributed by atoms with E-state index in [1.165, 1.54) is 23.5 Å². The van der Waals surface area contributed by atoms with Gasteiger partial charge in [-0.15, -0.1) is 10.2 Å². The Morgan fingerprint density at radius 3 is 2.96 bits per heavy atom. The van der Waals surface area contributed by atoms with Crippen molar-refractivity contribution in [1.29, 1.82) is 0 Å². The summed E-state index contributed by atoms with van der Waals surface area (Å²) in [4.78, 5) is 14.4. The molecule has 3 rings (SSSR count). The lowest BCUT2D eigenvalue weighted by Gasteiger charge is -2.23. The molecule has 24 heavy (non-hydrogen) atoms. The summed E-state index contributed by atoms with van der Waals surface area (Å²) < 4.78 is 13.9. The van der Waals surface area contributed by atoms with Gasteiger partial charge in [-0.2, -0.15) is 0 Å². The lowest BCUT2D eigenvalue weighted by molar-refractivity contribution is -0.117. The van der Waals surface area contributed by atoms with Crippen LogP contribution >= 0.6 is 23.1 Å². The van der Waals surface area contributed by atoms with E-state index < -0.39 is 0 Å². The molecule has 1 amide bonds. The van der Waals surface area contributed by atoms with Crippen LogP contribution in [-0.4, -0.2) is 39.8 Å². The van der Waals surface area contributed by atoms with Crippen LogP contribution in [0.1, 0.15) is 31.4 Å². The first-order valence-corrected chi connectivity index (χ1v) is 9.71. The van der Waals surface area contributed by atoms with Gasteiger partial charge in [0.15, 0.2) is 4.34 Å². The zero-order valence-corrected chi connectivity index (χ0v) is 15.0. The van der Waals surface area contributed by atoms with Crippen molar-refractivity contribution < 1.29 is 9.18 Å². The van der Waals surface area contributed by atoms with Crippen molar-refractivity contribution in [3.05, 3.63) is 35.6 Å². The summed E-state index contributed by atoms with van der Waals surface area (Å²) in [6, 6.07) is 6.71. The quantitative estimate of drug-likeness (QED) is 0.626. The van der Waals surface area contributed by atoms with Crippen molar-refractivity contribution in [2.75, 3.05) is 24.2 Å². The van der Waals surface area contributed by atoms with Gasteiger partial charge in [-0.3, -0.25) is 15.0 Å². The van der Waals surface area contributed by atoms with E-state index in [4.69, 9.17) is 0 Å². The van der Waals surface area contributed by atoms with Gasteiger partial charge in [-0.25, -0.2) is 4.39 Å². The first-order valence-electron chi connectivity index (χ1n) is 7.91. The third-order valence-electron chi connectivity index (χ3n) is 3.89. The van der Waals surface area contributed by atoms with Crippen LogP contribution in [0.5, 0.6) is 0 Å². The highest BCUT2D eigenvalue weighted by Crippen LogP contribution is 2.32. The highest BCUT2D eigenvalue weighted by Gasteiger charge is 2.27. The first kappa shape index (κ1) is 17.3. The Morgan fingerprint density at radius 1 is 1.42 bits per heavy atom. The summed E-state index contributed by atoms with van der Waals surface area (Å²) in [7, 11) is 0. The van der Waals surface area contributed by atoms with E-state index in [1.54, 1.807) is 23.9 Å². The lowest BCUT2D eigenvalue weighted by atomic mass is 10.0. The number of hydrogen-bond donors (Lipinski definition) is 1. The van der Waals surface area contributed by atoms with Gasteiger partial charge in [0.05, 0.1) is 6.54 Å². The molecule has 1 fully saturated rings. The van der Waals surface area contributed by atoms with Crippen LogP contribution in [-0.2, 0) is 4.79 Å². The number of carbonyl (C=O) groups is 1. The third kappa shape index (κ3) is 4.31. The number of nitrogens with zero attached hydrogens (tertiary/aromatic N) is 3. The number of carbonyl (C=O) groups excluding carboxylic acids is 1. The second-order valence-corrected chi connectivity index (χ2v) is 8.02. The number of anilines is 1. The van der Waals surface area contributed by atoms with E-state index in [1.807, 2.05) is 6.92 Å². The fourth-order valence-electron chi connectivity index (χ4n) is 2.86. The molecular weight excluding hydrogens is 347 g/mol. The molecule has 1 N–H and O–H groups in total. The smallest absolute Gasteiger partial charge is 0.240 e. The summed E-state index contributed by atoms with van der Waals surface area (Å²) >= 11 is 3.00. The van der Waals surface area contributed by atoms with Gasteiger partial charge in [-0.1, -0.05) is 42.2 Å². The van der Waals surface area contributed by atoms with Crippen LogP contribution in [0.25, 0.3) is 0 Å². The Balaban J connectivity index is 1.59. The highest BCUT2D eigenvalue weighted by atomic mass is 32.2. The van der Waals surface area contributed by atoms with Crippen LogP contribution in [0.4, 0.5) is 9.52 Å². The normalized spacial score (nSPS) is 18.0. The maximum atomic E-state index is 13.1. The summed E-state index contributed by atoms with van der Waals surface area (Å²) in [5.41, 5.74) is 1.05. The summed E-state index contributed by atoms with van der Waals surface area (Å²) in [5.74, 6) is 0.599. The molecule has 1 aliphatic heterocycles. The molecule has 0 bridgehead atoms. The molecule has 2 heterocycles. The lowest BCUT2D eigenvalue weighted by Crippen LogP contribution is -2.32. The summed E-state index contributed by atoms with van der Waals surface area (Å²) in [6.45, 7) is 3.22. The van der Waals surface area contributed by atoms with E-state index in [2.05, 4.69) is 20.4 Å². The SMILES string of the molecule is CCSc1nnc(NC(=O)CN2CCCC2c2ccc(F)cc2)s1. The largest absolute Gasteiger partial charge is 0.299 e. The maximum absolute atomic E-state index is 13.1. The number of amides is 1. The fourth-order valence-corrected chi connectivity index (χ4v) is 4.53. The molecule has 1 aliphatic rings. The summed E-state index contributed by atoms with van der Waals surface area (Å²) in [5, 5.41) is 11.4. The van der Waals surface area contributed by atoms with Gasteiger partial charge >= 0.3 is 0 Å². The Hall–Kier alpha value is -1.51. The molecule has 5 nitrogen and oxygen atoms in total. The second kappa shape index (κ2) is 8.04. The van der Waals surface area contributed by atoms with Crippen molar-refractivity contribution in [3.63, 3.8) is 0 Å². The van der Waals surface area contributed by atoms with Crippen molar-refractivity contribution in [1.82, 2.24) is 15.1 Å². The molecule has 0 saturated carbocycles. The molecule has 1 unspecified atom stereocenters. The molecule has 0 aliphatic carbocycles. The minimum absolute atomic E-state index is 0.0896. The van der Waals surface area contributed by atoms with Crippen molar-refractivity contribution >= 4 is 34.1 Å². The van der Waals surface area contributed by atoms with Gasteiger partial charge in [0, 0.05) is 6.04 Å². The molecule has 1 aromatic carbocycles. The minimum atomic E-state index is -0.238. The average molecular weight is 366 g/mol.